The Morgan fingerprint density at radius 3 is 2.35 bits per heavy atom. The fraction of sp³-hybridized carbons (Fsp3) is 0.522. The molecular formula is C23H33IN2. The molecule has 1 aromatic carbocycles. The zero-order chi connectivity index (χ0) is 17.3. The highest BCUT2D eigenvalue weighted by Gasteiger charge is 2.14. The first-order valence-corrected chi connectivity index (χ1v) is 10.1. The second-order valence-corrected chi connectivity index (χ2v) is 7.57. The van der Waals surface area contributed by atoms with Gasteiger partial charge in [0.15, 0.2) is 12.4 Å². The Kier molecular flexibility index (Phi) is 9.44. The molecule has 0 aliphatic heterocycles. The van der Waals surface area contributed by atoms with E-state index in [-0.39, 0.29) is 24.0 Å². The highest BCUT2D eigenvalue weighted by atomic mass is 127. The number of halogens is 1. The zero-order valence-electron chi connectivity index (χ0n) is 16.1. The Labute approximate surface area is 176 Å². The van der Waals surface area contributed by atoms with Gasteiger partial charge >= 0.3 is 0 Å². The number of unbranched alkanes of at least 4 members (excludes halogenated alkanes) is 2. The summed E-state index contributed by atoms with van der Waals surface area (Å²) in [5.74, 6) is 1.02. The van der Waals surface area contributed by atoms with Crippen LogP contribution < -0.4 is 33.4 Å². The average molecular weight is 464 g/mol. The minimum atomic E-state index is 0. The third-order valence-corrected chi connectivity index (χ3v) is 5.52. The summed E-state index contributed by atoms with van der Waals surface area (Å²) in [4.78, 5) is 2.46. The third kappa shape index (κ3) is 6.57. The van der Waals surface area contributed by atoms with Crippen LogP contribution in [0.25, 0.3) is 0 Å². The van der Waals surface area contributed by atoms with E-state index in [2.05, 4.69) is 71.4 Å². The first-order chi connectivity index (χ1) is 12.3. The molecule has 0 unspecified atom stereocenters. The summed E-state index contributed by atoms with van der Waals surface area (Å²) in [5, 5.41) is 0. The lowest BCUT2D eigenvalue weighted by Gasteiger charge is -2.24. The maximum absolute atomic E-state index is 2.46. The first kappa shape index (κ1) is 21.2. The van der Waals surface area contributed by atoms with Gasteiger partial charge in [-0.3, -0.25) is 0 Å². The molecule has 0 bridgehead atoms. The smallest absolute Gasteiger partial charge is 0.192 e. The normalized spacial score (nSPS) is 14.7. The maximum atomic E-state index is 2.46. The van der Waals surface area contributed by atoms with Gasteiger partial charge in [-0.05, 0) is 30.5 Å². The summed E-state index contributed by atoms with van der Waals surface area (Å²) in [6.45, 7) is 1.10. The van der Waals surface area contributed by atoms with E-state index in [4.69, 9.17) is 0 Å². The molecule has 0 saturated heterocycles. The molecule has 0 atom stereocenters. The van der Waals surface area contributed by atoms with Crippen molar-refractivity contribution in [3.63, 3.8) is 0 Å². The van der Waals surface area contributed by atoms with Gasteiger partial charge in [-0.25, -0.2) is 4.57 Å². The largest absolute Gasteiger partial charge is 1.00 e. The van der Waals surface area contributed by atoms with E-state index in [0.717, 1.165) is 12.5 Å². The first-order valence-electron chi connectivity index (χ1n) is 10.1. The SMILES string of the molecule is C[n+]1cccc(N(CCCCCC2CCCCC2)c2ccccc2)c1.[I-]. The van der Waals surface area contributed by atoms with Crippen LogP contribution in [-0.4, -0.2) is 6.54 Å². The number of rotatable bonds is 8. The van der Waals surface area contributed by atoms with Crippen molar-refractivity contribution < 1.29 is 28.5 Å². The van der Waals surface area contributed by atoms with Crippen LogP contribution in [0.2, 0.25) is 0 Å². The van der Waals surface area contributed by atoms with E-state index in [9.17, 15) is 0 Å². The van der Waals surface area contributed by atoms with Crippen LogP contribution in [0, 0.1) is 5.92 Å². The number of benzene rings is 1. The van der Waals surface area contributed by atoms with E-state index in [1.54, 1.807) is 0 Å². The predicted octanol–water partition coefficient (Wildman–Crippen LogP) is 2.79. The summed E-state index contributed by atoms with van der Waals surface area (Å²) in [5.41, 5.74) is 2.57. The van der Waals surface area contributed by atoms with Crippen molar-refractivity contribution in [2.24, 2.45) is 13.0 Å². The fourth-order valence-electron chi connectivity index (χ4n) is 4.10. The monoisotopic (exact) mass is 464 g/mol. The standard InChI is InChI=1S/C23H33N2.HI/c1-24-18-11-17-23(20-24)25(22-15-8-3-9-16-22)19-10-4-7-14-21-12-5-2-6-13-21;/h3,8-9,11,15-18,20-21H,2,4-7,10,12-14,19H2,1H3;1H/q+1;/p-1. The van der Waals surface area contributed by atoms with Crippen molar-refractivity contribution in [1.82, 2.24) is 0 Å². The summed E-state index contributed by atoms with van der Waals surface area (Å²) >= 11 is 0. The van der Waals surface area contributed by atoms with Crippen molar-refractivity contribution in [2.75, 3.05) is 11.4 Å². The van der Waals surface area contributed by atoms with E-state index in [1.807, 2.05) is 0 Å². The molecule has 0 N–H and O–H groups in total. The number of anilines is 2. The van der Waals surface area contributed by atoms with E-state index >= 15 is 0 Å². The topological polar surface area (TPSA) is 7.12 Å². The van der Waals surface area contributed by atoms with Gasteiger partial charge < -0.3 is 28.9 Å². The molecule has 0 spiro atoms. The number of aromatic nitrogens is 1. The number of aryl methyl sites for hydroxylation is 1. The summed E-state index contributed by atoms with van der Waals surface area (Å²) in [7, 11) is 2.09. The number of pyridine rings is 1. The zero-order valence-corrected chi connectivity index (χ0v) is 18.3. The molecule has 2 aromatic rings. The van der Waals surface area contributed by atoms with Gasteiger partial charge in [0.1, 0.15) is 12.7 Å². The quantitative estimate of drug-likeness (QED) is 0.331. The van der Waals surface area contributed by atoms with Crippen molar-refractivity contribution in [2.45, 2.75) is 57.8 Å². The molecule has 3 rings (SSSR count). The molecule has 26 heavy (non-hydrogen) atoms. The van der Waals surface area contributed by atoms with Gasteiger partial charge in [-0.1, -0.05) is 69.6 Å². The lowest BCUT2D eigenvalue weighted by molar-refractivity contribution is -0.670. The Hall–Kier alpha value is -1.10. The second-order valence-electron chi connectivity index (χ2n) is 7.57. The predicted molar refractivity (Wildman–Crippen MR) is 106 cm³/mol. The molecular weight excluding hydrogens is 431 g/mol. The average Bonchev–Trinajstić information content (AvgIpc) is 2.66. The van der Waals surface area contributed by atoms with Crippen LogP contribution in [0.15, 0.2) is 54.9 Å². The lowest BCUT2D eigenvalue weighted by atomic mass is 9.85. The van der Waals surface area contributed by atoms with E-state index < -0.39 is 0 Å². The third-order valence-electron chi connectivity index (χ3n) is 5.52. The van der Waals surface area contributed by atoms with E-state index in [1.165, 1.54) is 69.2 Å². The van der Waals surface area contributed by atoms with Crippen LogP contribution in [-0.2, 0) is 7.05 Å². The van der Waals surface area contributed by atoms with Gasteiger partial charge in [0.2, 0.25) is 0 Å². The molecule has 0 amide bonds. The van der Waals surface area contributed by atoms with Crippen LogP contribution in [0.1, 0.15) is 57.8 Å². The molecule has 2 nitrogen and oxygen atoms in total. The van der Waals surface area contributed by atoms with Crippen LogP contribution in [0.3, 0.4) is 0 Å². The summed E-state index contributed by atoms with van der Waals surface area (Å²) < 4.78 is 2.13. The molecule has 1 saturated carbocycles. The molecule has 1 aliphatic rings. The Balaban J connectivity index is 0.00000243. The van der Waals surface area contributed by atoms with Crippen molar-refractivity contribution in [3.8, 4) is 0 Å². The number of hydrogen-bond acceptors (Lipinski definition) is 1. The molecule has 1 aromatic heterocycles. The minimum absolute atomic E-state index is 0. The van der Waals surface area contributed by atoms with Gasteiger partial charge in [-0.15, -0.1) is 0 Å². The fourth-order valence-corrected chi connectivity index (χ4v) is 4.10. The van der Waals surface area contributed by atoms with Gasteiger partial charge in [0.05, 0.1) is 0 Å². The van der Waals surface area contributed by atoms with Gasteiger partial charge in [-0.2, -0.15) is 0 Å². The molecule has 1 aliphatic carbocycles. The van der Waals surface area contributed by atoms with Crippen LogP contribution in [0.5, 0.6) is 0 Å². The highest BCUT2D eigenvalue weighted by Crippen LogP contribution is 2.28. The number of nitrogens with zero attached hydrogens (tertiary/aromatic N) is 2. The summed E-state index contributed by atoms with van der Waals surface area (Å²) in [6.07, 6.45) is 17.1. The van der Waals surface area contributed by atoms with Crippen molar-refractivity contribution in [3.05, 3.63) is 54.9 Å². The molecule has 1 heterocycles. The Morgan fingerprint density at radius 2 is 1.62 bits per heavy atom. The number of para-hydroxylation sites is 1. The molecule has 3 heteroatoms. The van der Waals surface area contributed by atoms with E-state index in [0.29, 0.717) is 0 Å². The van der Waals surface area contributed by atoms with Crippen LogP contribution in [0.4, 0.5) is 11.4 Å². The second kappa shape index (κ2) is 11.6. The van der Waals surface area contributed by atoms with Crippen LogP contribution >= 0.6 is 0 Å². The molecule has 0 radical (unpaired) electrons. The summed E-state index contributed by atoms with van der Waals surface area (Å²) in [6, 6.07) is 15.1. The van der Waals surface area contributed by atoms with Gasteiger partial charge in [0.25, 0.3) is 0 Å². The Bertz CT molecular complexity index is 623. The Morgan fingerprint density at radius 1 is 0.885 bits per heavy atom. The van der Waals surface area contributed by atoms with Crippen molar-refractivity contribution in [1.29, 1.82) is 0 Å². The van der Waals surface area contributed by atoms with Gasteiger partial charge in [0, 0.05) is 18.3 Å². The highest BCUT2D eigenvalue weighted by molar-refractivity contribution is 5.61. The van der Waals surface area contributed by atoms with Crippen molar-refractivity contribution >= 4 is 11.4 Å². The maximum Gasteiger partial charge on any atom is 0.192 e. The minimum Gasteiger partial charge on any atom is -1.00 e. The molecule has 1 fully saturated rings. The number of hydrogen-bond donors (Lipinski definition) is 0. The molecule has 142 valence electrons. The lowest BCUT2D eigenvalue weighted by Crippen LogP contribution is -3.00.